The lowest BCUT2D eigenvalue weighted by Crippen LogP contribution is -2.11. The van der Waals surface area contributed by atoms with Crippen LogP contribution in [0.4, 0.5) is 5.69 Å². The van der Waals surface area contributed by atoms with Gasteiger partial charge < -0.3 is 10.1 Å². The van der Waals surface area contributed by atoms with E-state index in [9.17, 15) is 0 Å². The predicted octanol–water partition coefficient (Wildman–Crippen LogP) is 3.10. The summed E-state index contributed by atoms with van der Waals surface area (Å²) in [6.45, 7) is 6.38. The highest BCUT2D eigenvalue weighted by molar-refractivity contribution is 5.62. The number of benzene rings is 1. The molecular formula is C14H20N2O. The Bertz CT molecular complexity index is 382. The van der Waals surface area contributed by atoms with Crippen LogP contribution in [0.25, 0.3) is 0 Å². The highest BCUT2D eigenvalue weighted by atomic mass is 16.5. The summed E-state index contributed by atoms with van der Waals surface area (Å²) in [5, 5.41) is 12.3. The van der Waals surface area contributed by atoms with Gasteiger partial charge in [-0.25, -0.2) is 0 Å². The molecule has 1 rings (SSSR count). The maximum Gasteiger partial charge on any atom is 0.101 e. The van der Waals surface area contributed by atoms with E-state index in [0.717, 1.165) is 37.2 Å². The number of hydrogen-bond donors (Lipinski definition) is 1. The molecule has 0 aromatic heterocycles. The highest BCUT2D eigenvalue weighted by Gasteiger charge is 2.03. The summed E-state index contributed by atoms with van der Waals surface area (Å²) in [6.07, 6.45) is 2.26. The third-order valence-corrected chi connectivity index (χ3v) is 2.58. The molecule has 3 heteroatoms. The molecule has 0 radical (unpaired) electrons. The molecule has 0 aliphatic carbocycles. The second-order valence-electron chi connectivity index (χ2n) is 4.00. The average molecular weight is 232 g/mol. The van der Waals surface area contributed by atoms with E-state index < -0.39 is 0 Å². The Morgan fingerprint density at radius 1 is 1.35 bits per heavy atom. The van der Waals surface area contributed by atoms with Crippen LogP contribution in [0.3, 0.4) is 0 Å². The summed E-state index contributed by atoms with van der Waals surface area (Å²) in [7, 11) is 0. The van der Waals surface area contributed by atoms with Crippen molar-refractivity contribution in [2.45, 2.75) is 26.7 Å². The van der Waals surface area contributed by atoms with Crippen molar-refractivity contribution in [2.24, 2.45) is 0 Å². The summed E-state index contributed by atoms with van der Waals surface area (Å²) in [5.41, 5.74) is 2.71. The quantitative estimate of drug-likeness (QED) is 0.735. The number of hydrogen-bond acceptors (Lipinski definition) is 3. The number of anilines is 1. The van der Waals surface area contributed by atoms with E-state index >= 15 is 0 Å². The summed E-state index contributed by atoms with van der Waals surface area (Å²) < 4.78 is 5.46. The van der Waals surface area contributed by atoms with Crippen molar-refractivity contribution in [1.82, 2.24) is 0 Å². The summed E-state index contributed by atoms with van der Waals surface area (Å²) >= 11 is 0. The number of aryl methyl sites for hydroxylation is 1. The number of ether oxygens (including phenoxy) is 1. The van der Waals surface area contributed by atoms with Gasteiger partial charge in [-0.1, -0.05) is 25.5 Å². The van der Waals surface area contributed by atoms with Gasteiger partial charge in [0.25, 0.3) is 0 Å². The number of nitrogens with one attached hydrogen (secondary N) is 1. The monoisotopic (exact) mass is 232 g/mol. The Labute approximate surface area is 103 Å². The molecule has 1 aromatic carbocycles. The molecule has 0 aliphatic rings. The Morgan fingerprint density at radius 2 is 2.18 bits per heavy atom. The Balaban J connectivity index is 2.39. The van der Waals surface area contributed by atoms with Crippen molar-refractivity contribution in [3.8, 4) is 6.07 Å². The minimum absolute atomic E-state index is 0.680. The first-order valence-electron chi connectivity index (χ1n) is 6.11. The Morgan fingerprint density at radius 3 is 2.88 bits per heavy atom. The minimum Gasteiger partial charge on any atom is -0.381 e. The molecule has 0 amide bonds. The second-order valence-corrected chi connectivity index (χ2v) is 4.00. The van der Waals surface area contributed by atoms with Crippen molar-refractivity contribution >= 4 is 5.69 Å². The maximum absolute atomic E-state index is 8.99. The third-order valence-electron chi connectivity index (χ3n) is 2.58. The zero-order valence-corrected chi connectivity index (χ0v) is 10.6. The molecule has 0 bridgehead atoms. The van der Waals surface area contributed by atoms with E-state index in [1.54, 1.807) is 0 Å². The standard InChI is InChI=1S/C14H20N2O/c1-3-4-9-17-10-8-16-14-12(2)6-5-7-13(14)11-15/h5-7,16H,3-4,8-10H2,1-2H3. The number of rotatable bonds is 7. The fraction of sp³-hybridized carbons (Fsp3) is 0.500. The molecule has 0 saturated heterocycles. The van der Waals surface area contributed by atoms with Crippen LogP contribution in [-0.4, -0.2) is 19.8 Å². The molecule has 1 aromatic rings. The number of unbranched alkanes of at least 4 members (excludes halogenated alkanes) is 1. The van der Waals surface area contributed by atoms with Crippen LogP contribution >= 0.6 is 0 Å². The molecule has 92 valence electrons. The van der Waals surface area contributed by atoms with Crippen LogP contribution in [0, 0.1) is 18.3 Å². The van der Waals surface area contributed by atoms with Gasteiger partial charge in [0.15, 0.2) is 0 Å². The SMILES string of the molecule is CCCCOCCNc1c(C)cccc1C#N. The molecule has 0 spiro atoms. The topological polar surface area (TPSA) is 45.0 Å². The molecule has 0 heterocycles. The maximum atomic E-state index is 8.99. The first-order valence-corrected chi connectivity index (χ1v) is 6.11. The Hall–Kier alpha value is -1.53. The van der Waals surface area contributed by atoms with Crippen LogP contribution in [-0.2, 0) is 4.74 Å². The zero-order valence-electron chi connectivity index (χ0n) is 10.6. The molecule has 0 saturated carbocycles. The summed E-state index contributed by atoms with van der Waals surface area (Å²) in [5.74, 6) is 0. The van der Waals surface area contributed by atoms with Crippen LogP contribution < -0.4 is 5.32 Å². The third kappa shape index (κ3) is 4.46. The lowest BCUT2D eigenvalue weighted by atomic mass is 10.1. The van der Waals surface area contributed by atoms with E-state index in [-0.39, 0.29) is 0 Å². The number of para-hydroxylation sites is 1. The predicted molar refractivity (Wildman–Crippen MR) is 70.1 cm³/mol. The Kier molecular flexibility index (Phi) is 6.13. The van der Waals surface area contributed by atoms with Gasteiger partial charge in [0.2, 0.25) is 0 Å². The smallest absolute Gasteiger partial charge is 0.101 e. The fourth-order valence-corrected chi connectivity index (χ4v) is 1.59. The van der Waals surface area contributed by atoms with Gasteiger partial charge in [-0.2, -0.15) is 5.26 Å². The summed E-state index contributed by atoms with van der Waals surface area (Å²) in [6, 6.07) is 7.92. The molecule has 0 unspecified atom stereocenters. The highest BCUT2D eigenvalue weighted by Crippen LogP contribution is 2.19. The number of nitrogens with zero attached hydrogens (tertiary/aromatic N) is 1. The van der Waals surface area contributed by atoms with Crippen molar-refractivity contribution in [1.29, 1.82) is 5.26 Å². The zero-order chi connectivity index (χ0) is 12.5. The molecule has 1 N–H and O–H groups in total. The van der Waals surface area contributed by atoms with Crippen LogP contribution in [0.2, 0.25) is 0 Å². The van der Waals surface area contributed by atoms with Gasteiger partial charge in [0.05, 0.1) is 17.9 Å². The van der Waals surface area contributed by atoms with E-state index in [1.165, 1.54) is 0 Å². The molecular weight excluding hydrogens is 212 g/mol. The van der Waals surface area contributed by atoms with E-state index in [2.05, 4.69) is 18.3 Å². The fourth-order valence-electron chi connectivity index (χ4n) is 1.59. The first-order chi connectivity index (χ1) is 8.29. The summed E-state index contributed by atoms with van der Waals surface area (Å²) in [4.78, 5) is 0. The second kappa shape index (κ2) is 7.70. The molecule has 0 atom stereocenters. The van der Waals surface area contributed by atoms with Gasteiger partial charge in [-0.15, -0.1) is 0 Å². The first kappa shape index (κ1) is 13.5. The average Bonchev–Trinajstić information content (AvgIpc) is 2.35. The molecule has 0 aliphatic heterocycles. The molecule has 0 fully saturated rings. The van der Waals surface area contributed by atoms with Crippen LogP contribution in [0.15, 0.2) is 18.2 Å². The van der Waals surface area contributed by atoms with Crippen molar-refractivity contribution in [3.63, 3.8) is 0 Å². The van der Waals surface area contributed by atoms with Gasteiger partial charge in [-0.05, 0) is 25.0 Å². The van der Waals surface area contributed by atoms with E-state index in [1.807, 2.05) is 25.1 Å². The van der Waals surface area contributed by atoms with Gasteiger partial charge in [-0.3, -0.25) is 0 Å². The molecule has 3 nitrogen and oxygen atoms in total. The van der Waals surface area contributed by atoms with Crippen molar-refractivity contribution < 1.29 is 4.74 Å². The van der Waals surface area contributed by atoms with Crippen LogP contribution in [0.1, 0.15) is 30.9 Å². The van der Waals surface area contributed by atoms with Crippen molar-refractivity contribution in [3.05, 3.63) is 29.3 Å². The lowest BCUT2D eigenvalue weighted by Gasteiger charge is -2.11. The number of nitriles is 1. The normalized spacial score (nSPS) is 9.94. The lowest BCUT2D eigenvalue weighted by molar-refractivity contribution is 0.141. The van der Waals surface area contributed by atoms with Crippen molar-refractivity contribution in [2.75, 3.05) is 25.1 Å². The minimum atomic E-state index is 0.680. The molecule has 17 heavy (non-hydrogen) atoms. The van der Waals surface area contributed by atoms with Gasteiger partial charge in [0, 0.05) is 13.2 Å². The van der Waals surface area contributed by atoms with E-state index in [0.29, 0.717) is 12.2 Å². The largest absolute Gasteiger partial charge is 0.381 e. The van der Waals surface area contributed by atoms with E-state index in [4.69, 9.17) is 10.00 Å². The van der Waals surface area contributed by atoms with Crippen LogP contribution in [0.5, 0.6) is 0 Å². The van der Waals surface area contributed by atoms with Gasteiger partial charge in [0.1, 0.15) is 6.07 Å². The van der Waals surface area contributed by atoms with Gasteiger partial charge >= 0.3 is 0 Å².